The van der Waals surface area contributed by atoms with Gasteiger partial charge in [-0.3, -0.25) is 10.2 Å². The molecule has 1 rings (SSSR count). The molecule has 9 heavy (non-hydrogen) atoms. The van der Waals surface area contributed by atoms with Crippen LogP contribution in [0.2, 0.25) is 0 Å². The van der Waals surface area contributed by atoms with E-state index in [4.69, 9.17) is 5.26 Å². The van der Waals surface area contributed by atoms with E-state index < -0.39 is 0 Å². The van der Waals surface area contributed by atoms with Crippen LogP contribution in [0.4, 0.5) is 0 Å². The zero-order valence-electron chi connectivity index (χ0n) is 4.64. The third kappa shape index (κ3) is 1.19. The van der Waals surface area contributed by atoms with Crippen molar-refractivity contribution >= 4 is 5.91 Å². The Kier molecular flexibility index (Phi) is 1.36. The first-order valence-electron chi connectivity index (χ1n) is 2.46. The van der Waals surface area contributed by atoms with Crippen LogP contribution in [-0.4, -0.2) is 5.91 Å². The Morgan fingerprint density at radius 1 is 1.67 bits per heavy atom. The van der Waals surface area contributed by atoms with E-state index in [9.17, 15) is 4.79 Å². The van der Waals surface area contributed by atoms with Gasteiger partial charge in [-0.2, -0.15) is 5.26 Å². The first-order valence-corrected chi connectivity index (χ1v) is 2.46. The van der Waals surface area contributed by atoms with Gasteiger partial charge in [0.1, 0.15) is 0 Å². The molecule has 46 valence electrons. The summed E-state index contributed by atoms with van der Waals surface area (Å²) < 4.78 is 0. The van der Waals surface area contributed by atoms with Crippen LogP contribution in [0.1, 0.15) is 6.42 Å². The molecule has 0 unspecified atom stereocenters. The van der Waals surface area contributed by atoms with Gasteiger partial charge in [0.2, 0.25) is 5.91 Å². The van der Waals surface area contributed by atoms with Crippen LogP contribution in [0, 0.1) is 11.3 Å². The van der Waals surface area contributed by atoms with Gasteiger partial charge in [0.25, 0.3) is 0 Å². The van der Waals surface area contributed by atoms with Crippen molar-refractivity contribution in [2.75, 3.05) is 0 Å². The second-order valence-electron chi connectivity index (χ2n) is 1.65. The number of allylic oxidation sites excluding steroid dienone is 1. The highest BCUT2D eigenvalue weighted by molar-refractivity contribution is 5.80. The summed E-state index contributed by atoms with van der Waals surface area (Å²) in [5.41, 5.74) is 5.52. The molecule has 1 amide bonds. The van der Waals surface area contributed by atoms with Crippen LogP contribution in [0.5, 0.6) is 0 Å². The van der Waals surface area contributed by atoms with Crippen LogP contribution in [-0.2, 0) is 4.79 Å². The number of rotatable bonds is 0. The lowest BCUT2D eigenvalue weighted by Crippen LogP contribution is -2.24. The predicted octanol–water partition coefficient (Wildman–Crippen LogP) is -0.582. The highest BCUT2D eigenvalue weighted by atomic mass is 16.2. The molecule has 0 aromatic carbocycles. The molecular formula is C5H5N3O. The van der Waals surface area contributed by atoms with Crippen LogP contribution >= 0.6 is 0 Å². The molecule has 0 radical (unpaired) electrons. The summed E-state index contributed by atoms with van der Waals surface area (Å²) in [7, 11) is 0. The Morgan fingerprint density at radius 3 is 2.89 bits per heavy atom. The van der Waals surface area contributed by atoms with E-state index in [2.05, 4.69) is 10.9 Å². The normalized spacial score (nSPS) is 20.8. The number of nitrogens with one attached hydrogen (secondary N) is 2. The third-order valence-corrected chi connectivity index (χ3v) is 0.952. The summed E-state index contributed by atoms with van der Waals surface area (Å²) in [6.07, 6.45) is 1.59. The fraction of sp³-hybridized carbons (Fsp3) is 0.200. The number of carbonyl (C=O) groups is 1. The number of carbonyl (C=O) groups excluding carboxylic acids is 1. The van der Waals surface area contributed by atoms with Crippen molar-refractivity contribution in [1.82, 2.24) is 10.9 Å². The number of amides is 1. The maximum Gasteiger partial charge on any atom is 0.244 e. The van der Waals surface area contributed by atoms with Crippen molar-refractivity contribution in [3.05, 3.63) is 11.8 Å². The predicted molar refractivity (Wildman–Crippen MR) is 29.6 cm³/mol. The van der Waals surface area contributed by atoms with Crippen LogP contribution in [0.3, 0.4) is 0 Å². The van der Waals surface area contributed by atoms with E-state index in [1.807, 2.05) is 6.07 Å². The minimum atomic E-state index is -0.100. The maximum absolute atomic E-state index is 10.4. The summed E-state index contributed by atoms with van der Waals surface area (Å²) in [4.78, 5) is 10.4. The average Bonchev–Trinajstić information content (AvgIpc) is 2.17. The zero-order valence-corrected chi connectivity index (χ0v) is 4.64. The molecule has 4 nitrogen and oxygen atoms in total. The summed E-state index contributed by atoms with van der Waals surface area (Å²) in [5.74, 6) is -0.100. The van der Waals surface area contributed by atoms with Crippen molar-refractivity contribution in [3.63, 3.8) is 0 Å². The van der Waals surface area contributed by atoms with Gasteiger partial charge >= 0.3 is 0 Å². The molecule has 1 aliphatic rings. The standard InChI is InChI=1S/C5H5N3O/c6-2-1-4-3-5(9)8-7-4/h1,7H,3H2,(H,8,9). The van der Waals surface area contributed by atoms with Gasteiger partial charge in [-0.15, -0.1) is 0 Å². The summed E-state index contributed by atoms with van der Waals surface area (Å²) in [5, 5.41) is 8.11. The fourth-order valence-corrected chi connectivity index (χ4v) is 0.576. The van der Waals surface area contributed by atoms with Crippen LogP contribution in [0.25, 0.3) is 0 Å². The molecule has 0 aromatic rings. The maximum atomic E-state index is 10.4. The number of nitrogens with zero attached hydrogens (tertiary/aromatic N) is 1. The largest absolute Gasteiger partial charge is 0.301 e. The van der Waals surface area contributed by atoms with Crippen molar-refractivity contribution in [3.8, 4) is 6.07 Å². The lowest BCUT2D eigenvalue weighted by Gasteiger charge is -1.89. The van der Waals surface area contributed by atoms with Gasteiger partial charge in [-0.05, 0) is 0 Å². The van der Waals surface area contributed by atoms with E-state index >= 15 is 0 Å². The molecule has 0 saturated carbocycles. The second-order valence-corrected chi connectivity index (χ2v) is 1.65. The Morgan fingerprint density at radius 2 is 2.44 bits per heavy atom. The molecule has 1 fully saturated rings. The Bertz CT molecular complexity index is 201. The van der Waals surface area contributed by atoms with Crippen molar-refractivity contribution in [2.24, 2.45) is 0 Å². The van der Waals surface area contributed by atoms with Gasteiger partial charge in [-0.1, -0.05) is 0 Å². The van der Waals surface area contributed by atoms with Crippen LogP contribution < -0.4 is 10.9 Å². The summed E-state index contributed by atoms with van der Waals surface area (Å²) in [6.45, 7) is 0. The van der Waals surface area contributed by atoms with Crippen molar-refractivity contribution in [2.45, 2.75) is 6.42 Å². The van der Waals surface area contributed by atoms with Crippen molar-refractivity contribution in [1.29, 1.82) is 5.26 Å². The molecular weight excluding hydrogens is 118 g/mol. The van der Waals surface area contributed by atoms with Gasteiger partial charge < -0.3 is 5.43 Å². The zero-order chi connectivity index (χ0) is 6.69. The molecule has 0 atom stereocenters. The quantitative estimate of drug-likeness (QED) is 0.423. The number of nitriles is 1. The molecule has 2 N–H and O–H groups in total. The Labute approximate surface area is 52.1 Å². The van der Waals surface area contributed by atoms with Crippen LogP contribution in [0.15, 0.2) is 11.8 Å². The third-order valence-electron chi connectivity index (χ3n) is 0.952. The molecule has 0 spiro atoms. The first-order chi connectivity index (χ1) is 4.33. The lowest BCUT2D eigenvalue weighted by molar-refractivity contribution is -0.119. The minimum absolute atomic E-state index is 0.100. The molecule has 1 heterocycles. The SMILES string of the molecule is N#CC=C1CC(=O)NN1. The summed E-state index contributed by atoms with van der Waals surface area (Å²) in [6, 6.07) is 1.81. The van der Waals surface area contributed by atoms with E-state index in [0.29, 0.717) is 5.70 Å². The number of hydrogen-bond acceptors (Lipinski definition) is 3. The van der Waals surface area contributed by atoms with Gasteiger partial charge in [0.05, 0.1) is 18.2 Å². The monoisotopic (exact) mass is 123 g/mol. The molecule has 1 saturated heterocycles. The van der Waals surface area contributed by atoms with E-state index in [1.165, 1.54) is 6.08 Å². The highest BCUT2D eigenvalue weighted by Gasteiger charge is 2.12. The van der Waals surface area contributed by atoms with E-state index in [1.54, 1.807) is 0 Å². The minimum Gasteiger partial charge on any atom is -0.301 e. The average molecular weight is 123 g/mol. The lowest BCUT2D eigenvalue weighted by atomic mass is 10.3. The summed E-state index contributed by atoms with van der Waals surface area (Å²) >= 11 is 0. The van der Waals surface area contributed by atoms with Gasteiger partial charge in [0.15, 0.2) is 0 Å². The molecule has 0 aliphatic carbocycles. The topological polar surface area (TPSA) is 64.9 Å². The molecule has 0 bridgehead atoms. The Balaban J connectivity index is 2.60. The first kappa shape index (κ1) is 5.63. The second kappa shape index (κ2) is 2.18. The van der Waals surface area contributed by atoms with E-state index in [0.717, 1.165) is 0 Å². The smallest absolute Gasteiger partial charge is 0.244 e. The highest BCUT2D eigenvalue weighted by Crippen LogP contribution is 1.99. The number of hydrazine groups is 1. The molecule has 4 heteroatoms. The van der Waals surface area contributed by atoms with E-state index in [-0.39, 0.29) is 12.3 Å². The van der Waals surface area contributed by atoms with Crippen molar-refractivity contribution < 1.29 is 4.79 Å². The van der Waals surface area contributed by atoms with Gasteiger partial charge in [0, 0.05) is 6.08 Å². The number of hydrogen-bond donors (Lipinski definition) is 2. The van der Waals surface area contributed by atoms with Gasteiger partial charge in [-0.25, -0.2) is 0 Å². The fourth-order valence-electron chi connectivity index (χ4n) is 0.576. The Hall–Kier alpha value is -1.50. The molecule has 1 aliphatic heterocycles. The molecule has 0 aromatic heterocycles.